The Bertz CT molecular complexity index is 1400. The van der Waals surface area contributed by atoms with Crippen LogP contribution in [0.25, 0.3) is 0 Å². The van der Waals surface area contributed by atoms with Gasteiger partial charge in [0.15, 0.2) is 6.10 Å². The molecule has 0 saturated heterocycles. The van der Waals surface area contributed by atoms with Gasteiger partial charge in [0.1, 0.15) is 13.2 Å². The van der Waals surface area contributed by atoms with Crippen molar-refractivity contribution >= 4 is 17.9 Å². The molecule has 6 heteroatoms. The minimum atomic E-state index is -0.774. The summed E-state index contributed by atoms with van der Waals surface area (Å²) in [7, 11) is 0. The second-order valence-corrected chi connectivity index (χ2v) is 20.6. The van der Waals surface area contributed by atoms with E-state index in [1.165, 1.54) is 154 Å². The van der Waals surface area contributed by atoms with Crippen molar-refractivity contribution in [3.63, 3.8) is 0 Å². The third-order valence-corrected chi connectivity index (χ3v) is 13.4. The van der Waals surface area contributed by atoms with Crippen molar-refractivity contribution in [2.45, 2.75) is 309 Å². The molecule has 0 aliphatic heterocycles. The van der Waals surface area contributed by atoms with E-state index in [4.69, 9.17) is 14.2 Å². The highest BCUT2D eigenvalue weighted by Crippen LogP contribution is 2.16. The smallest absolute Gasteiger partial charge is 0.306 e. The molecular weight excluding hydrogens is 901 g/mol. The van der Waals surface area contributed by atoms with Crippen molar-refractivity contribution in [1.29, 1.82) is 0 Å². The minimum Gasteiger partial charge on any atom is -0.462 e. The van der Waals surface area contributed by atoms with Crippen molar-refractivity contribution in [2.75, 3.05) is 13.2 Å². The Hall–Kier alpha value is -3.41. The van der Waals surface area contributed by atoms with Crippen LogP contribution in [0.4, 0.5) is 0 Å². The fourth-order valence-electron chi connectivity index (χ4n) is 8.74. The molecule has 0 bridgehead atoms. The minimum absolute atomic E-state index is 0.0763. The number of hydrogen-bond donors (Lipinski definition) is 0. The Morgan fingerprint density at radius 3 is 0.849 bits per heavy atom. The molecule has 420 valence electrons. The summed E-state index contributed by atoms with van der Waals surface area (Å²) >= 11 is 0. The molecule has 0 aliphatic carbocycles. The molecule has 0 saturated carbocycles. The van der Waals surface area contributed by atoms with Gasteiger partial charge in [0, 0.05) is 19.3 Å². The van der Waals surface area contributed by atoms with Crippen LogP contribution in [0.1, 0.15) is 303 Å². The third-order valence-electron chi connectivity index (χ3n) is 13.4. The van der Waals surface area contributed by atoms with Crippen LogP contribution in [0.2, 0.25) is 0 Å². The average molecular weight is 1020 g/mol. The van der Waals surface area contributed by atoms with Crippen LogP contribution in [0, 0.1) is 0 Å². The number of rotatable bonds is 56. The van der Waals surface area contributed by atoms with Crippen LogP contribution in [-0.4, -0.2) is 37.2 Å². The van der Waals surface area contributed by atoms with Crippen LogP contribution in [0.5, 0.6) is 0 Å². The van der Waals surface area contributed by atoms with Gasteiger partial charge in [0.25, 0.3) is 0 Å². The predicted molar refractivity (Wildman–Crippen MR) is 316 cm³/mol. The Kier molecular flexibility index (Phi) is 58.3. The fraction of sp³-hybridized carbons (Fsp3) is 0.746. The number of esters is 3. The van der Waals surface area contributed by atoms with Crippen molar-refractivity contribution in [1.82, 2.24) is 0 Å². The largest absolute Gasteiger partial charge is 0.462 e. The van der Waals surface area contributed by atoms with Gasteiger partial charge in [-0.1, -0.05) is 273 Å². The van der Waals surface area contributed by atoms with E-state index >= 15 is 0 Å². The predicted octanol–water partition coefficient (Wildman–Crippen LogP) is 21.1. The monoisotopic (exact) mass is 1020 g/mol. The molecule has 1 atom stereocenters. The van der Waals surface area contributed by atoms with Crippen LogP contribution < -0.4 is 0 Å². The van der Waals surface area contributed by atoms with E-state index < -0.39 is 6.10 Å². The highest BCUT2D eigenvalue weighted by molar-refractivity contribution is 5.71. The summed E-state index contributed by atoms with van der Waals surface area (Å²) < 4.78 is 16.7. The molecule has 0 spiro atoms. The lowest BCUT2D eigenvalue weighted by Crippen LogP contribution is -2.30. The van der Waals surface area contributed by atoms with Crippen molar-refractivity contribution < 1.29 is 28.6 Å². The average Bonchev–Trinajstić information content (AvgIpc) is 3.39. The summed E-state index contributed by atoms with van der Waals surface area (Å²) in [6, 6.07) is 0. The number of carbonyl (C=O) groups is 3. The molecular formula is C67H116O6. The topological polar surface area (TPSA) is 78.9 Å². The molecule has 0 fully saturated rings. The van der Waals surface area contributed by atoms with Gasteiger partial charge in [-0.15, -0.1) is 0 Å². The van der Waals surface area contributed by atoms with Crippen LogP contribution in [0.15, 0.2) is 85.1 Å². The lowest BCUT2D eigenvalue weighted by Gasteiger charge is -2.18. The molecule has 0 aromatic rings. The van der Waals surface area contributed by atoms with E-state index in [9.17, 15) is 14.4 Å². The number of hydrogen-bond acceptors (Lipinski definition) is 6. The van der Waals surface area contributed by atoms with E-state index in [2.05, 4.69) is 106 Å². The Morgan fingerprint density at radius 2 is 0.534 bits per heavy atom. The Morgan fingerprint density at radius 1 is 0.288 bits per heavy atom. The van der Waals surface area contributed by atoms with Crippen molar-refractivity contribution in [3.8, 4) is 0 Å². The summed E-state index contributed by atoms with van der Waals surface area (Å²) in [5, 5.41) is 0. The van der Waals surface area contributed by atoms with E-state index in [0.29, 0.717) is 19.3 Å². The summed E-state index contributed by atoms with van der Waals surface area (Å²) in [5.74, 6) is -0.890. The maximum Gasteiger partial charge on any atom is 0.306 e. The zero-order valence-corrected chi connectivity index (χ0v) is 48.1. The van der Waals surface area contributed by atoms with E-state index in [1.54, 1.807) is 0 Å². The summed E-state index contributed by atoms with van der Waals surface area (Å²) in [4.78, 5) is 37.8. The third kappa shape index (κ3) is 59.3. The van der Waals surface area contributed by atoms with Crippen molar-refractivity contribution in [2.24, 2.45) is 0 Å². The molecule has 73 heavy (non-hydrogen) atoms. The van der Waals surface area contributed by atoms with Gasteiger partial charge in [0.2, 0.25) is 0 Å². The quantitative estimate of drug-likeness (QED) is 0.0261. The van der Waals surface area contributed by atoms with Gasteiger partial charge in [0.05, 0.1) is 0 Å². The summed E-state index contributed by atoms with van der Waals surface area (Å²) in [5.41, 5.74) is 0. The van der Waals surface area contributed by atoms with Crippen LogP contribution in [-0.2, 0) is 28.6 Å². The van der Waals surface area contributed by atoms with Gasteiger partial charge < -0.3 is 14.2 Å². The van der Waals surface area contributed by atoms with Gasteiger partial charge >= 0.3 is 17.9 Å². The van der Waals surface area contributed by atoms with Crippen molar-refractivity contribution in [3.05, 3.63) is 85.1 Å². The van der Waals surface area contributed by atoms with Crippen LogP contribution >= 0.6 is 0 Å². The molecule has 6 nitrogen and oxygen atoms in total. The molecule has 0 heterocycles. The molecule has 0 N–H and O–H groups in total. The van der Waals surface area contributed by atoms with Gasteiger partial charge in [-0.2, -0.15) is 0 Å². The van der Waals surface area contributed by atoms with E-state index in [1.807, 2.05) is 0 Å². The molecule has 0 amide bonds. The summed E-state index contributed by atoms with van der Waals surface area (Å²) in [6.45, 7) is 6.45. The maximum absolute atomic E-state index is 12.8. The first-order valence-corrected chi connectivity index (χ1v) is 31.1. The molecule has 0 aliphatic rings. The molecule has 0 radical (unpaired) electrons. The first-order valence-electron chi connectivity index (χ1n) is 31.1. The standard InChI is InChI=1S/C67H116O6/c1-4-7-10-13-15-17-19-21-23-24-25-26-27-28-29-30-31-32-33-34-35-36-37-38-39-40-41-42-44-45-47-49-51-54-57-60-66(69)72-63-64(62-71-65(68)59-56-53-12-9-6-3)73-67(70)61-58-55-52-50-48-46-43-22-20-18-16-14-11-8-5-2/h7,10,15,17,21-23,25-26,28-29,31-32,43,64H,4-6,8-9,11-14,16,18-20,24,27,30,33-42,44-63H2,1-3H3/b10-7-,17-15-,23-21-,26-25-,29-28-,32-31-,43-22-. The highest BCUT2D eigenvalue weighted by atomic mass is 16.6. The lowest BCUT2D eigenvalue weighted by molar-refractivity contribution is -0.167. The van der Waals surface area contributed by atoms with Gasteiger partial charge in [-0.3, -0.25) is 14.4 Å². The lowest BCUT2D eigenvalue weighted by atomic mass is 10.0. The maximum atomic E-state index is 12.8. The van der Waals surface area contributed by atoms with Crippen LogP contribution in [0.3, 0.4) is 0 Å². The zero-order chi connectivity index (χ0) is 52.9. The molecule has 0 rings (SSSR count). The first-order chi connectivity index (χ1) is 36.0. The number of ether oxygens (including phenoxy) is 3. The Balaban J connectivity index is 3.93. The number of allylic oxidation sites excluding steroid dienone is 14. The highest BCUT2D eigenvalue weighted by Gasteiger charge is 2.19. The number of carbonyl (C=O) groups excluding carboxylic acids is 3. The van der Waals surface area contributed by atoms with Gasteiger partial charge in [-0.05, 0) is 96.3 Å². The second kappa shape index (κ2) is 61.1. The number of unbranched alkanes of at least 4 members (excludes halogenated alkanes) is 31. The molecule has 0 aromatic carbocycles. The summed E-state index contributed by atoms with van der Waals surface area (Å²) in [6.07, 6.45) is 80.8. The van der Waals surface area contributed by atoms with E-state index in [-0.39, 0.29) is 31.1 Å². The van der Waals surface area contributed by atoms with E-state index in [0.717, 1.165) is 109 Å². The normalized spacial score (nSPS) is 12.6. The van der Waals surface area contributed by atoms with Gasteiger partial charge in [-0.25, -0.2) is 0 Å². The second-order valence-electron chi connectivity index (χ2n) is 20.6. The SMILES string of the molecule is CC/C=C\C/C=C\C/C=C\C/C=C\C/C=C\C/C=C\CCCCCCCCCCCCCCCCCCC(=O)OCC(COC(=O)CCCCCCC)OC(=O)CCCCCCC/C=C\CCCCCCCC. The molecule has 1 unspecified atom stereocenters. The first kappa shape index (κ1) is 69.6. The molecule has 0 aromatic heterocycles. The fourth-order valence-corrected chi connectivity index (χ4v) is 8.74. The Labute approximate surface area is 452 Å². The zero-order valence-electron chi connectivity index (χ0n) is 48.1.